The zero-order valence-corrected chi connectivity index (χ0v) is 15.3. The van der Waals surface area contributed by atoms with Crippen molar-refractivity contribution in [1.82, 2.24) is 9.55 Å². The molecule has 1 aromatic heterocycles. The number of rotatable bonds is 4. The number of hydrogen-bond acceptors (Lipinski definition) is 4. The quantitative estimate of drug-likeness (QED) is 0.522. The van der Waals surface area contributed by atoms with Crippen LogP contribution in [-0.2, 0) is 0 Å². The maximum Gasteiger partial charge on any atom is 0.266 e. The van der Waals surface area contributed by atoms with E-state index in [9.17, 15) is 4.79 Å². The number of nitrogens with zero attached hydrogens (tertiary/aromatic N) is 3. The van der Waals surface area contributed by atoms with E-state index >= 15 is 0 Å². The average Bonchev–Trinajstić information content (AvgIpc) is 2.61. The summed E-state index contributed by atoms with van der Waals surface area (Å²) in [6, 6.07) is 15.6. The molecule has 0 radical (unpaired) electrons. The van der Waals surface area contributed by atoms with E-state index in [0.717, 1.165) is 16.8 Å². The van der Waals surface area contributed by atoms with Gasteiger partial charge >= 0.3 is 0 Å². The van der Waals surface area contributed by atoms with E-state index in [-0.39, 0.29) is 11.5 Å². The van der Waals surface area contributed by atoms with Gasteiger partial charge in [0.15, 0.2) is 5.16 Å². The molecule has 3 aromatic rings. The second-order valence-corrected chi connectivity index (χ2v) is 7.17. The Morgan fingerprint density at radius 3 is 2.72 bits per heavy atom. The molecule has 0 aliphatic carbocycles. The fourth-order valence-corrected chi connectivity index (χ4v) is 3.66. The molecule has 0 fully saturated rings. The van der Waals surface area contributed by atoms with Gasteiger partial charge in [0.25, 0.3) is 5.56 Å². The van der Waals surface area contributed by atoms with Gasteiger partial charge in [-0.05, 0) is 44.5 Å². The Balaban J connectivity index is 2.25. The van der Waals surface area contributed by atoms with Crippen LogP contribution in [0.3, 0.4) is 0 Å². The molecule has 2 aromatic carbocycles. The van der Waals surface area contributed by atoms with E-state index in [1.54, 1.807) is 10.6 Å². The first-order valence-electron chi connectivity index (χ1n) is 8.13. The molecule has 126 valence electrons. The molecule has 0 saturated carbocycles. The van der Waals surface area contributed by atoms with Crippen molar-refractivity contribution in [3.05, 3.63) is 63.9 Å². The summed E-state index contributed by atoms with van der Waals surface area (Å²) in [6.07, 6.45) is 0. The van der Waals surface area contributed by atoms with Crippen molar-refractivity contribution in [2.75, 3.05) is 5.75 Å². The highest BCUT2D eigenvalue weighted by molar-refractivity contribution is 7.99. The zero-order chi connectivity index (χ0) is 18.0. The fraction of sp³-hybridized carbons (Fsp3) is 0.250. The lowest BCUT2D eigenvalue weighted by Crippen LogP contribution is -2.22. The molecule has 0 spiro atoms. The summed E-state index contributed by atoms with van der Waals surface area (Å²) in [5.74, 6) is 0.479. The second-order valence-electron chi connectivity index (χ2n) is 6.18. The standard InChI is InChI=1S/C20H19N3OS/c1-13-8-9-18(15(3)10-13)23-19(24)16-6-4-5-7-17(16)22-20(23)25-12-14(2)11-21/h4-10,14H,12H2,1-3H3/t14-/m0/s1. The average molecular weight is 349 g/mol. The lowest BCUT2D eigenvalue weighted by molar-refractivity contribution is 0.803. The highest BCUT2D eigenvalue weighted by Crippen LogP contribution is 2.25. The Kier molecular flexibility index (Phi) is 4.91. The van der Waals surface area contributed by atoms with Crippen LogP contribution in [0.2, 0.25) is 0 Å². The number of aryl methyl sites for hydroxylation is 2. The third kappa shape index (κ3) is 3.45. The number of benzene rings is 2. The van der Waals surface area contributed by atoms with Crippen molar-refractivity contribution in [2.45, 2.75) is 25.9 Å². The van der Waals surface area contributed by atoms with E-state index < -0.39 is 0 Å². The van der Waals surface area contributed by atoms with E-state index in [0.29, 0.717) is 21.8 Å². The van der Waals surface area contributed by atoms with Crippen molar-refractivity contribution < 1.29 is 0 Å². The first-order chi connectivity index (χ1) is 12.0. The molecular formula is C20H19N3OS. The second kappa shape index (κ2) is 7.12. The third-order valence-electron chi connectivity index (χ3n) is 4.02. The van der Waals surface area contributed by atoms with Crippen LogP contribution in [0.5, 0.6) is 0 Å². The molecule has 3 rings (SSSR count). The Bertz CT molecular complexity index is 1030. The van der Waals surface area contributed by atoms with E-state index in [2.05, 4.69) is 12.1 Å². The van der Waals surface area contributed by atoms with Crippen LogP contribution in [-0.4, -0.2) is 15.3 Å². The first-order valence-corrected chi connectivity index (χ1v) is 9.11. The van der Waals surface area contributed by atoms with Gasteiger partial charge in [-0.1, -0.05) is 41.6 Å². The number of thioether (sulfide) groups is 1. The summed E-state index contributed by atoms with van der Waals surface area (Å²) in [5.41, 5.74) is 3.61. The molecular weight excluding hydrogens is 330 g/mol. The van der Waals surface area contributed by atoms with Crippen LogP contribution >= 0.6 is 11.8 Å². The maximum atomic E-state index is 13.1. The Morgan fingerprint density at radius 2 is 2.00 bits per heavy atom. The van der Waals surface area contributed by atoms with Gasteiger partial charge < -0.3 is 0 Å². The van der Waals surface area contributed by atoms with E-state index in [1.165, 1.54) is 11.8 Å². The van der Waals surface area contributed by atoms with Crippen LogP contribution in [0.1, 0.15) is 18.1 Å². The van der Waals surface area contributed by atoms with Crippen LogP contribution in [0.25, 0.3) is 16.6 Å². The fourth-order valence-electron chi connectivity index (χ4n) is 2.71. The van der Waals surface area contributed by atoms with Crippen LogP contribution in [0.4, 0.5) is 0 Å². The maximum absolute atomic E-state index is 13.1. The van der Waals surface area contributed by atoms with Gasteiger partial charge in [-0.2, -0.15) is 5.26 Å². The van der Waals surface area contributed by atoms with Crippen molar-refractivity contribution in [3.63, 3.8) is 0 Å². The number of hydrogen-bond donors (Lipinski definition) is 0. The van der Waals surface area contributed by atoms with Crippen LogP contribution < -0.4 is 5.56 Å². The third-order valence-corrected chi connectivity index (χ3v) is 5.22. The number of aromatic nitrogens is 2. The van der Waals surface area contributed by atoms with Crippen molar-refractivity contribution in [2.24, 2.45) is 5.92 Å². The summed E-state index contributed by atoms with van der Waals surface area (Å²) in [6.45, 7) is 5.90. The van der Waals surface area contributed by atoms with Gasteiger partial charge in [0.1, 0.15) is 0 Å². The summed E-state index contributed by atoms with van der Waals surface area (Å²) in [5, 5.41) is 10.3. The van der Waals surface area contributed by atoms with Gasteiger partial charge in [-0.25, -0.2) is 4.98 Å². The highest BCUT2D eigenvalue weighted by Gasteiger charge is 2.15. The number of nitriles is 1. The minimum atomic E-state index is -0.110. The normalized spacial score (nSPS) is 12.1. The monoisotopic (exact) mass is 349 g/mol. The van der Waals surface area contributed by atoms with Gasteiger partial charge in [0, 0.05) is 5.75 Å². The Labute approximate surface area is 151 Å². The van der Waals surface area contributed by atoms with Gasteiger partial charge in [-0.15, -0.1) is 0 Å². The SMILES string of the molecule is Cc1ccc(-n2c(SC[C@@H](C)C#N)nc3ccccc3c2=O)c(C)c1. The predicted molar refractivity (Wildman–Crippen MR) is 102 cm³/mol. The summed E-state index contributed by atoms with van der Waals surface area (Å²) < 4.78 is 1.67. The molecule has 1 heterocycles. The van der Waals surface area contributed by atoms with Gasteiger partial charge in [-0.3, -0.25) is 9.36 Å². The minimum absolute atomic E-state index is 0.0790. The van der Waals surface area contributed by atoms with Crippen molar-refractivity contribution in [1.29, 1.82) is 5.26 Å². The van der Waals surface area contributed by atoms with E-state index in [1.807, 2.05) is 51.1 Å². The summed E-state index contributed by atoms with van der Waals surface area (Å²) in [4.78, 5) is 17.8. The largest absolute Gasteiger partial charge is 0.268 e. The smallest absolute Gasteiger partial charge is 0.266 e. The molecule has 0 saturated heterocycles. The molecule has 5 heteroatoms. The molecule has 25 heavy (non-hydrogen) atoms. The predicted octanol–water partition coefficient (Wildman–Crippen LogP) is 4.25. The zero-order valence-electron chi connectivity index (χ0n) is 14.5. The highest BCUT2D eigenvalue weighted by atomic mass is 32.2. The lowest BCUT2D eigenvalue weighted by atomic mass is 10.1. The topological polar surface area (TPSA) is 58.7 Å². The molecule has 0 amide bonds. The molecule has 4 nitrogen and oxygen atoms in total. The van der Waals surface area contributed by atoms with Gasteiger partial charge in [0.05, 0.1) is 28.6 Å². The first kappa shape index (κ1) is 17.2. The van der Waals surface area contributed by atoms with Crippen LogP contribution in [0.15, 0.2) is 52.4 Å². The summed E-state index contributed by atoms with van der Waals surface area (Å²) in [7, 11) is 0. The lowest BCUT2D eigenvalue weighted by Gasteiger charge is -2.16. The molecule has 0 aliphatic rings. The Morgan fingerprint density at radius 1 is 1.24 bits per heavy atom. The van der Waals surface area contributed by atoms with E-state index in [4.69, 9.17) is 10.2 Å². The molecule has 0 aliphatic heterocycles. The van der Waals surface area contributed by atoms with Crippen molar-refractivity contribution in [3.8, 4) is 11.8 Å². The minimum Gasteiger partial charge on any atom is -0.268 e. The summed E-state index contributed by atoms with van der Waals surface area (Å²) >= 11 is 1.45. The van der Waals surface area contributed by atoms with Crippen molar-refractivity contribution >= 4 is 22.7 Å². The van der Waals surface area contributed by atoms with Crippen LogP contribution in [0, 0.1) is 31.1 Å². The molecule has 1 atom stereocenters. The number of fused-ring (bicyclic) bond motifs is 1. The van der Waals surface area contributed by atoms with Gasteiger partial charge in [0.2, 0.25) is 0 Å². The molecule has 0 bridgehead atoms. The molecule has 0 unspecified atom stereocenters. The Hall–Kier alpha value is -2.58. The number of para-hydroxylation sites is 1. The molecule has 0 N–H and O–H groups in total.